The molecule has 0 aliphatic heterocycles. The predicted octanol–water partition coefficient (Wildman–Crippen LogP) is 3.34. The van der Waals surface area contributed by atoms with Crippen LogP contribution in [0.5, 0.6) is 0 Å². The van der Waals surface area contributed by atoms with Crippen molar-refractivity contribution in [2.24, 2.45) is 11.8 Å². The van der Waals surface area contributed by atoms with Crippen molar-refractivity contribution < 1.29 is 0 Å². The van der Waals surface area contributed by atoms with Crippen LogP contribution in [0.4, 0.5) is 0 Å². The van der Waals surface area contributed by atoms with Gasteiger partial charge in [0.15, 0.2) is 0 Å². The third-order valence-corrected chi connectivity index (χ3v) is 4.40. The first-order valence-electron chi connectivity index (χ1n) is 6.53. The van der Waals surface area contributed by atoms with Gasteiger partial charge >= 0.3 is 0 Å². The third kappa shape index (κ3) is 2.31. The Morgan fingerprint density at radius 3 is 1.71 bits per heavy atom. The summed E-state index contributed by atoms with van der Waals surface area (Å²) in [4.78, 5) is 0. The van der Waals surface area contributed by atoms with Gasteiger partial charge in [0.25, 0.3) is 0 Å². The van der Waals surface area contributed by atoms with Crippen molar-refractivity contribution in [2.75, 3.05) is 0 Å². The molecule has 0 unspecified atom stereocenters. The lowest BCUT2D eigenvalue weighted by Gasteiger charge is -2.33. The second kappa shape index (κ2) is 4.65. The highest BCUT2D eigenvalue weighted by Crippen LogP contribution is 2.29. The van der Waals surface area contributed by atoms with E-state index >= 15 is 0 Å². The average molecular weight is 195 g/mol. The van der Waals surface area contributed by atoms with Crippen LogP contribution in [0.15, 0.2) is 0 Å². The van der Waals surface area contributed by atoms with Crippen molar-refractivity contribution in [3.8, 4) is 0 Å². The molecule has 4 atom stereocenters. The zero-order valence-corrected chi connectivity index (χ0v) is 9.76. The lowest BCUT2D eigenvalue weighted by atomic mass is 9.85. The molecule has 1 heteroatoms. The number of nitrogens with one attached hydrogen (secondary N) is 1. The summed E-state index contributed by atoms with van der Waals surface area (Å²) < 4.78 is 0. The molecule has 0 aromatic carbocycles. The van der Waals surface area contributed by atoms with Crippen molar-refractivity contribution in [3.63, 3.8) is 0 Å². The van der Waals surface area contributed by atoms with E-state index in [1.54, 1.807) is 0 Å². The molecule has 0 spiro atoms. The van der Waals surface area contributed by atoms with E-state index in [-0.39, 0.29) is 0 Å². The predicted molar refractivity (Wildman–Crippen MR) is 61.4 cm³/mol. The zero-order valence-electron chi connectivity index (χ0n) is 9.76. The molecule has 0 heterocycles. The van der Waals surface area contributed by atoms with E-state index in [1.165, 1.54) is 44.9 Å². The molecule has 2 fully saturated rings. The zero-order chi connectivity index (χ0) is 9.97. The molecule has 1 N–H and O–H groups in total. The third-order valence-electron chi connectivity index (χ3n) is 4.40. The fraction of sp³-hybridized carbons (Fsp3) is 1.00. The number of hydrogen-bond acceptors (Lipinski definition) is 1. The quantitative estimate of drug-likeness (QED) is 0.712. The molecular weight excluding hydrogens is 170 g/mol. The Labute approximate surface area is 88.7 Å². The summed E-state index contributed by atoms with van der Waals surface area (Å²) in [5, 5.41) is 3.92. The molecule has 2 saturated carbocycles. The molecule has 0 bridgehead atoms. The second-order valence-electron chi connectivity index (χ2n) is 5.55. The Balaban J connectivity index is 1.83. The maximum atomic E-state index is 3.92. The fourth-order valence-corrected chi connectivity index (χ4v) is 3.23. The molecule has 0 aromatic heterocycles. The van der Waals surface area contributed by atoms with Crippen LogP contribution in [0.25, 0.3) is 0 Å². The van der Waals surface area contributed by atoms with Gasteiger partial charge in [-0.3, -0.25) is 0 Å². The monoisotopic (exact) mass is 195 g/mol. The molecule has 2 rings (SSSR count). The Kier molecular flexibility index (Phi) is 3.48. The van der Waals surface area contributed by atoms with Gasteiger partial charge in [0.2, 0.25) is 0 Å². The van der Waals surface area contributed by atoms with Gasteiger partial charge < -0.3 is 5.32 Å². The van der Waals surface area contributed by atoms with E-state index in [0.29, 0.717) is 0 Å². The Hall–Kier alpha value is -0.0400. The maximum Gasteiger partial charge on any atom is 0.00953 e. The SMILES string of the molecule is C[C@@H]1CCCC[C@@H]1N[C@H]1CCC[C@@H]1C. The van der Waals surface area contributed by atoms with Crippen LogP contribution >= 0.6 is 0 Å². The lowest BCUT2D eigenvalue weighted by Crippen LogP contribution is -2.44. The Morgan fingerprint density at radius 2 is 1.21 bits per heavy atom. The summed E-state index contributed by atoms with van der Waals surface area (Å²) >= 11 is 0. The van der Waals surface area contributed by atoms with Crippen molar-refractivity contribution >= 4 is 0 Å². The minimum Gasteiger partial charge on any atom is -0.311 e. The van der Waals surface area contributed by atoms with E-state index in [0.717, 1.165) is 23.9 Å². The normalized spacial score (nSPS) is 44.1. The van der Waals surface area contributed by atoms with Crippen molar-refractivity contribution in [1.29, 1.82) is 0 Å². The largest absolute Gasteiger partial charge is 0.311 e. The first-order chi connectivity index (χ1) is 6.77. The van der Waals surface area contributed by atoms with Crippen LogP contribution in [-0.2, 0) is 0 Å². The molecule has 2 aliphatic rings. The van der Waals surface area contributed by atoms with Gasteiger partial charge in [0, 0.05) is 12.1 Å². The van der Waals surface area contributed by atoms with Gasteiger partial charge in [0.05, 0.1) is 0 Å². The summed E-state index contributed by atoms with van der Waals surface area (Å²) in [5.41, 5.74) is 0. The fourth-order valence-electron chi connectivity index (χ4n) is 3.23. The summed E-state index contributed by atoms with van der Waals surface area (Å²) in [6.45, 7) is 4.84. The van der Waals surface area contributed by atoms with Gasteiger partial charge in [-0.2, -0.15) is 0 Å². The minimum atomic E-state index is 0.828. The van der Waals surface area contributed by atoms with Gasteiger partial charge in [0.1, 0.15) is 0 Å². The van der Waals surface area contributed by atoms with Crippen molar-refractivity contribution in [2.45, 2.75) is 70.9 Å². The number of rotatable bonds is 2. The summed E-state index contributed by atoms with van der Waals surface area (Å²) in [7, 11) is 0. The standard InChI is InChI=1S/C13H25N/c1-10-6-3-4-8-12(10)14-13-9-5-7-11(13)2/h10-14H,3-9H2,1-2H3/t10-,11+,12+,13+/m1/s1. The van der Waals surface area contributed by atoms with Gasteiger partial charge in [-0.25, -0.2) is 0 Å². The van der Waals surface area contributed by atoms with Crippen LogP contribution in [0.2, 0.25) is 0 Å². The van der Waals surface area contributed by atoms with Crippen LogP contribution in [-0.4, -0.2) is 12.1 Å². The van der Waals surface area contributed by atoms with Crippen molar-refractivity contribution in [3.05, 3.63) is 0 Å². The molecule has 1 nitrogen and oxygen atoms in total. The molecule has 0 amide bonds. The molecule has 0 saturated heterocycles. The van der Waals surface area contributed by atoms with Gasteiger partial charge in [-0.05, 0) is 37.5 Å². The Morgan fingerprint density at radius 1 is 0.714 bits per heavy atom. The van der Waals surface area contributed by atoms with E-state index < -0.39 is 0 Å². The van der Waals surface area contributed by atoms with Gasteiger partial charge in [-0.1, -0.05) is 33.1 Å². The van der Waals surface area contributed by atoms with Crippen LogP contribution in [0.3, 0.4) is 0 Å². The molecule has 14 heavy (non-hydrogen) atoms. The molecular formula is C13H25N. The summed E-state index contributed by atoms with van der Waals surface area (Å²) in [6.07, 6.45) is 10.1. The van der Waals surface area contributed by atoms with Crippen molar-refractivity contribution in [1.82, 2.24) is 5.32 Å². The van der Waals surface area contributed by atoms with Crippen LogP contribution in [0, 0.1) is 11.8 Å². The summed E-state index contributed by atoms with van der Waals surface area (Å²) in [5.74, 6) is 1.83. The Bertz CT molecular complexity index is 178. The molecule has 0 radical (unpaired) electrons. The second-order valence-corrected chi connectivity index (χ2v) is 5.55. The highest BCUT2D eigenvalue weighted by molar-refractivity contribution is 4.86. The summed E-state index contributed by atoms with van der Waals surface area (Å²) in [6, 6.07) is 1.66. The first kappa shape index (κ1) is 10.5. The van der Waals surface area contributed by atoms with Crippen LogP contribution in [0.1, 0.15) is 58.8 Å². The smallest absolute Gasteiger partial charge is 0.00953 e. The minimum absolute atomic E-state index is 0.828. The number of hydrogen-bond donors (Lipinski definition) is 1. The van der Waals surface area contributed by atoms with E-state index in [4.69, 9.17) is 0 Å². The lowest BCUT2D eigenvalue weighted by molar-refractivity contribution is 0.243. The molecule has 0 aromatic rings. The maximum absolute atomic E-state index is 3.92. The van der Waals surface area contributed by atoms with E-state index in [1.807, 2.05) is 0 Å². The van der Waals surface area contributed by atoms with Gasteiger partial charge in [-0.15, -0.1) is 0 Å². The topological polar surface area (TPSA) is 12.0 Å². The van der Waals surface area contributed by atoms with E-state index in [2.05, 4.69) is 19.2 Å². The highest BCUT2D eigenvalue weighted by Gasteiger charge is 2.28. The first-order valence-corrected chi connectivity index (χ1v) is 6.53. The van der Waals surface area contributed by atoms with Crippen LogP contribution < -0.4 is 5.32 Å². The highest BCUT2D eigenvalue weighted by atomic mass is 15.0. The average Bonchev–Trinajstić information content (AvgIpc) is 2.56. The molecule has 2 aliphatic carbocycles. The molecule has 82 valence electrons. The van der Waals surface area contributed by atoms with E-state index in [9.17, 15) is 0 Å².